The van der Waals surface area contributed by atoms with Crippen LogP contribution in [0.25, 0.3) is 0 Å². The van der Waals surface area contributed by atoms with Crippen molar-refractivity contribution in [1.82, 2.24) is 10.6 Å². The molecule has 0 fully saturated rings. The third-order valence-corrected chi connectivity index (χ3v) is 2.54. The van der Waals surface area contributed by atoms with Gasteiger partial charge >= 0.3 is 0 Å². The molecule has 0 aromatic heterocycles. The Morgan fingerprint density at radius 3 is 2.13 bits per heavy atom. The first kappa shape index (κ1) is 14.4. The summed E-state index contributed by atoms with van der Waals surface area (Å²) in [6.45, 7) is 13.8. The van der Waals surface area contributed by atoms with Gasteiger partial charge in [-0.15, -0.1) is 0 Å². The van der Waals surface area contributed by atoms with E-state index in [0.29, 0.717) is 18.4 Å². The van der Waals surface area contributed by atoms with Gasteiger partial charge in [-0.1, -0.05) is 20.8 Å². The SMILES string of the molecule is CC(C)C(C)CNC(=O)CNC(C)(C)C. The highest BCUT2D eigenvalue weighted by Gasteiger charge is 2.12. The quantitative estimate of drug-likeness (QED) is 0.732. The average Bonchev–Trinajstić information content (AvgIpc) is 2.09. The maximum absolute atomic E-state index is 11.4. The maximum atomic E-state index is 11.4. The highest BCUT2D eigenvalue weighted by molar-refractivity contribution is 5.78. The average molecular weight is 214 g/mol. The molecule has 0 rings (SSSR count). The smallest absolute Gasteiger partial charge is 0.233 e. The van der Waals surface area contributed by atoms with Crippen molar-refractivity contribution in [1.29, 1.82) is 0 Å². The molecule has 1 unspecified atom stereocenters. The maximum Gasteiger partial charge on any atom is 0.233 e. The van der Waals surface area contributed by atoms with E-state index in [1.807, 2.05) is 0 Å². The van der Waals surface area contributed by atoms with E-state index < -0.39 is 0 Å². The van der Waals surface area contributed by atoms with Crippen LogP contribution in [0.1, 0.15) is 41.5 Å². The van der Waals surface area contributed by atoms with Gasteiger partial charge in [0.1, 0.15) is 0 Å². The number of hydrogen-bond acceptors (Lipinski definition) is 2. The van der Waals surface area contributed by atoms with E-state index in [-0.39, 0.29) is 11.4 Å². The van der Waals surface area contributed by atoms with Gasteiger partial charge in [0.05, 0.1) is 6.54 Å². The number of nitrogens with one attached hydrogen (secondary N) is 2. The van der Waals surface area contributed by atoms with Gasteiger partial charge in [0, 0.05) is 12.1 Å². The molecular formula is C12H26N2O. The molecule has 0 bridgehead atoms. The van der Waals surface area contributed by atoms with Gasteiger partial charge < -0.3 is 10.6 Å². The van der Waals surface area contributed by atoms with E-state index in [0.717, 1.165) is 6.54 Å². The minimum Gasteiger partial charge on any atom is -0.355 e. The van der Waals surface area contributed by atoms with Gasteiger partial charge in [-0.25, -0.2) is 0 Å². The molecule has 0 aromatic carbocycles. The fourth-order valence-electron chi connectivity index (χ4n) is 0.918. The second-order valence-corrected chi connectivity index (χ2v) is 5.63. The molecule has 0 saturated heterocycles. The van der Waals surface area contributed by atoms with Gasteiger partial charge in [-0.2, -0.15) is 0 Å². The fraction of sp³-hybridized carbons (Fsp3) is 0.917. The summed E-state index contributed by atoms with van der Waals surface area (Å²) in [5.41, 5.74) is 0.000996. The second-order valence-electron chi connectivity index (χ2n) is 5.63. The normalized spacial score (nSPS) is 14.1. The second kappa shape index (κ2) is 6.11. The Kier molecular flexibility index (Phi) is 5.88. The topological polar surface area (TPSA) is 41.1 Å². The molecule has 15 heavy (non-hydrogen) atoms. The van der Waals surface area contributed by atoms with Gasteiger partial charge in [-0.3, -0.25) is 4.79 Å². The minimum atomic E-state index is 0.000996. The molecule has 0 spiro atoms. The van der Waals surface area contributed by atoms with Crippen molar-refractivity contribution in [2.75, 3.05) is 13.1 Å². The fourth-order valence-corrected chi connectivity index (χ4v) is 0.918. The molecule has 0 saturated carbocycles. The Labute approximate surface area is 94.0 Å². The number of rotatable bonds is 5. The van der Waals surface area contributed by atoms with Crippen molar-refractivity contribution in [2.45, 2.75) is 47.1 Å². The Morgan fingerprint density at radius 1 is 1.20 bits per heavy atom. The third-order valence-electron chi connectivity index (χ3n) is 2.54. The zero-order valence-corrected chi connectivity index (χ0v) is 11.0. The molecular weight excluding hydrogens is 188 g/mol. The molecule has 0 aliphatic rings. The number of hydrogen-bond donors (Lipinski definition) is 2. The molecule has 0 heterocycles. The number of amides is 1. The van der Waals surface area contributed by atoms with Gasteiger partial charge in [0.2, 0.25) is 5.91 Å². The molecule has 1 amide bonds. The van der Waals surface area contributed by atoms with Crippen LogP contribution < -0.4 is 10.6 Å². The van der Waals surface area contributed by atoms with E-state index in [2.05, 4.69) is 52.2 Å². The summed E-state index contributed by atoms with van der Waals surface area (Å²) in [4.78, 5) is 11.4. The number of carbonyl (C=O) groups excluding carboxylic acids is 1. The minimum absolute atomic E-state index is 0.000996. The first-order chi connectivity index (χ1) is 6.72. The van der Waals surface area contributed by atoms with Crippen molar-refractivity contribution in [2.24, 2.45) is 11.8 Å². The van der Waals surface area contributed by atoms with Crippen molar-refractivity contribution in [3.05, 3.63) is 0 Å². The predicted molar refractivity (Wildman–Crippen MR) is 64.8 cm³/mol. The van der Waals surface area contributed by atoms with Crippen LogP contribution in [0.3, 0.4) is 0 Å². The van der Waals surface area contributed by atoms with Crippen LogP contribution in [0, 0.1) is 11.8 Å². The Balaban J connectivity index is 3.67. The lowest BCUT2D eigenvalue weighted by Crippen LogP contribution is -2.44. The van der Waals surface area contributed by atoms with Crippen LogP contribution >= 0.6 is 0 Å². The zero-order valence-electron chi connectivity index (χ0n) is 11.0. The first-order valence-corrected chi connectivity index (χ1v) is 5.74. The molecule has 3 heteroatoms. The van der Waals surface area contributed by atoms with Crippen LogP contribution in [-0.4, -0.2) is 24.5 Å². The largest absolute Gasteiger partial charge is 0.355 e. The summed E-state index contributed by atoms with van der Waals surface area (Å²) in [6.07, 6.45) is 0. The third kappa shape index (κ3) is 8.43. The van der Waals surface area contributed by atoms with Crippen LogP contribution in [0.4, 0.5) is 0 Å². The summed E-state index contributed by atoms with van der Waals surface area (Å²) in [5.74, 6) is 1.22. The van der Waals surface area contributed by atoms with Crippen LogP contribution in [0.15, 0.2) is 0 Å². The monoisotopic (exact) mass is 214 g/mol. The van der Waals surface area contributed by atoms with E-state index in [9.17, 15) is 4.79 Å². The van der Waals surface area contributed by atoms with Crippen LogP contribution in [-0.2, 0) is 4.79 Å². The number of carbonyl (C=O) groups is 1. The highest BCUT2D eigenvalue weighted by Crippen LogP contribution is 2.07. The van der Waals surface area contributed by atoms with Gasteiger partial charge in [-0.05, 0) is 32.6 Å². The summed E-state index contributed by atoms with van der Waals surface area (Å²) >= 11 is 0. The molecule has 2 N–H and O–H groups in total. The standard InChI is InChI=1S/C12H26N2O/c1-9(2)10(3)7-13-11(15)8-14-12(4,5)6/h9-10,14H,7-8H2,1-6H3,(H,13,15). The molecule has 0 aliphatic heterocycles. The molecule has 3 nitrogen and oxygen atoms in total. The molecule has 0 radical (unpaired) electrons. The Morgan fingerprint density at radius 2 is 1.73 bits per heavy atom. The molecule has 0 aliphatic carbocycles. The molecule has 90 valence electrons. The van der Waals surface area contributed by atoms with Crippen LogP contribution in [0.5, 0.6) is 0 Å². The van der Waals surface area contributed by atoms with Crippen molar-refractivity contribution >= 4 is 5.91 Å². The summed E-state index contributed by atoms with van der Waals surface area (Å²) < 4.78 is 0. The molecule has 1 atom stereocenters. The Hall–Kier alpha value is -0.570. The van der Waals surface area contributed by atoms with Gasteiger partial charge in [0.15, 0.2) is 0 Å². The van der Waals surface area contributed by atoms with E-state index in [4.69, 9.17) is 0 Å². The van der Waals surface area contributed by atoms with Crippen molar-refractivity contribution in [3.63, 3.8) is 0 Å². The zero-order chi connectivity index (χ0) is 12.1. The van der Waals surface area contributed by atoms with Crippen molar-refractivity contribution < 1.29 is 4.79 Å². The van der Waals surface area contributed by atoms with Crippen molar-refractivity contribution in [3.8, 4) is 0 Å². The lowest BCUT2D eigenvalue weighted by Gasteiger charge is -2.21. The van der Waals surface area contributed by atoms with E-state index in [1.54, 1.807) is 0 Å². The Bertz CT molecular complexity index is 194. The van der Waals surface area contributed by atoms with E-state index in [1.165, 1.54) is 0 Å². The van der Waals surface area contributed by atoms with Gasteiger partial charge in [0.25, 0.3) is 0 Å². The van der Waals surface area contributed by atoms with Crippen LogP contribution in [0.2, 0.25) is 0 Å². The summed E-state index contributed by atoms with van der Waals surface area (Å²) in [5, 5.41) is 6.10. The summed E-state index contributed by atoms with van der Waals surface area (Å²) in [7, 11) is 0. The lowest BCUT2D eigenvalue weighted by molar-refractivity contribution is -0.120. The van der Waals surface area contributed by atoms with E-state index >= 15 is 0 Å². The predicted octanol–water partition coefficient (Wildman–Crippen LogP) is 1.78. The molecule has 0 aromatic rings. The highest BCUT2D eigenvalue weighted by atomic mass is 16.1. The first-order valence-electron chi connectivity index (χ1n) is 5.74. The lowest BCUT2D eigenvalue weighted by atomic mass is 9.98. The summed E-state index contributed by atoms with van der Waals surface area (Å²) in [6, 6.07) is 0.